The van der Waals surface area contributed by atoms with Crippen LogP contribution in [0.1, 0.15) is 18.4 Å². The van der Waals surface area contributed by atoms with Crippen molar-refractivity contribution in [3.05, 3.63) is 35.9 Å². The van der Waals surface area contributed by atoms with Crippen LogP contribution < -0.4 is 5.32 Å². The van der Waals surface area contributed by atoms with Crippen molar-refractivity contribution in [2.24, 2.45) is 4.99 Å². The minimum absolute atomic E-state index is 0.0638. The lowest BCUT2D eigenvalue weighted by molar-refractivity contribution is -0.161. The molecule has 20 heavy (non-hydrogen) atoms. The summed E-state index contributed by atoms with van der Waals surface area (Å²) in [5, 5.41) is 3.06. The molecule has 1 aliphatic carbocycles. The van der Waals surface area contributed by atoms with Crippen molar-refractivity contribution >= 4 is 16.9 Å². The van der Waals surface area contributed by atoms with Gasteiger partial charge in [0.25, 0.3) is 0 Å². The van der Waals surface area contributed by atoms with Gasteiger partial charge in [0.1, 0.15) is 5.54 Å². The number of amidine groups is 1. The summed E-state index contributed by atoms with van der Waals surface area (Å²) in [5.74, 6) is 0.741. The zero-order valence-corrected chi connectivity index (χ0v) is 11.6. The fraction of sp³-hybridized carbons (Fsp3) is 0.500. The number of aliphatic imine (C=N–C) groups is 1. The van der Waals surface area contributed by atoms with E-state index in [-0.39, 0.29) is 18.9 Å². The molecule has 1 aromatic carbocycles. The minimum atomic E-state index is -4.19. The van der Waals surface area contributed by atoms with Crippen LogP contribution in [0.25, 0.3) is 0 Å². The second-order valence-corrected chi connectivity index (χ2v) is 6.30. The largest absolute Gasteiger partial charge is 0.411 e. The number of halogens is 3. The van der Waals surface area contributed by atoms with Gasteiger partial charge in [0.05, 0.1) is 6.04 Å². The maximum atomic E-state index is 12.9. The normalized spacial score (nSPS) is 24.4. The van der Waals surface area contributed by atoms with Crippen molar-refractivity contribution in [3.63, 3.8) is 0 Å². The van der Waals surface area contributed by atoms with E-state index in [0.717, 1.165) is 12.2 Å². The van der Waals surface area contributed by atoms with Crippen LogP contribution in [0.15, 0.2) is 35.3 Å². The first-order valence-corrected chi connectivity index (χ1v) is 7.56. The van der Waals surface area contributed by atoms with Crippen LogP contribution in [0.3, 0.4) is 0 Å². The molecule has 1 N–H and O–H groups in total. The van der Waals surface area contributed by atoms with E-state index in [1.165, 1.54) is 17.3 Å². The van der Waals surface area contributed by atoms with E-state index in [1.807, 2.05) is 30.3 Å². The lowest BCUT2D eigenvalue weighted by Crippen LogP contribution is -2.46. The fourth-order valence-corrected chi connectivity index (χ4v) is 3.32. The molecule has 2 nitrogen and oxygen atoms in total. The van der Waals surface area contributed by atoms with Gasteiger partial charge in [-0.2, -0.15) is 13.2 Å². The van der Waals surface area contributed by atoms with Gasteiger partial charge in [-0.05, 0) is 24.8 Å². The maximum absolute atomic E-state index is 12.9. The Hall–Kier alpha value is -1.17. The molecule has 1 heterocycles. The van der Waals surface area contributed by atoms with Crippen molar-refractivity contribution < 1.29 is 13.2 Å². The van der Waals surface area contributed by atoms with Gasteiger partial charge in [-0.1, -0.05) is 42.1 Å². The lowest BCUT2D eigenvalue weighted by atomic mass is 10.1. The molecule has 0 saturated heterocycles. The van der Waals surface area contributed by atoms with Crippen LogP contribution in [-0.2, 0) is 6.42 Å². The Bertz CT molecular complexity index is 509. The van der Waals surface area contributed by atoms with E-state index in [9.17, 15) is 13.2 Å². The van der Waals surface area contributed by atoms with Crippen LogP contribution in [0.2, 0.25) is 0 Å². The van der Waals surface area contributed by atoms with E-state index in [1.54, 1.807) is 0 Å². The van der Waals surface area contributed by atoms with Crippen molar-refractivity contribution in [1.82, 2.24) is 5.32 Å². The number of benzene rings is 1. The highest BCUT2D eigenvalue weighted by Crippen LogP contribution is 2.49. The SMILES string of the molecule is FC(F)(F)C1(NC2=NC(Cc3ccccc3)CS2)CC1. The molecule has 3 rings (SSSR count). The van der Waals surface area contributed by atoms with Crippen LogP contribution in [-0.4, -0.2) is 28.7 Å². The Balaban J connectivity index is 1.62. The van der Waals surface area contributed by atoms with Crippen molar-refractivity contribution in [3.8, 4) is 0 Å². The number of rotatable bonds is 3. The van der Waals surface area contributed by atoms with Gasteiger partial charge in [0.15, 0.2) is 5.17 Å². The highest BCUT2D eigenvalue weighted by Gasteiger charge is 2.64. The summed E-state index contributed by atoms with van der Waals surface area (Å²) in [6.45, 7) is 0. The number of nitrogens with one attached hydrogen (secondary N) is 1. The van der Waals surface area contributed by atoms with E-state index >= 15 is 0 Å². The molecular formula is C14H15F3N2S. The summed E-state index contributed by atoms with van der Waals surface area (Å²) in [4.78, 5) is 4.39. The van der Waals surface area contributed by atoms with Crippen LogP contribution in [0.4, 0.5) is 13.2 Å². The predicted octanol–water partition coefficient (Wildman–Crippen LogP) is 3.39. The average molecular weight is 300 g/mol. The summed E-state index contributed by atoms with van der Waals surface area (Å²) in [6.07, 6.45) is -3.11. The van der Waals surface area contributed by atoms with E-state index in [4.69, 9.17) is 0 Å². The number of alkyl halides is 3. The van der Waals surface area contributed by atoms with E-state index in [2.05, 4.69) is 10.3 Å². The van der Waals surface area contributed by atoms with Gasteiger partial charge >= 0.3 is 6.18 Å². The quantitative estimate of drug-likeness (QED) is 0.925. The first-order chi connectivity index (χ1) is 9.48. The summed E-state index contributed by atoms with van der Waals surface area (Å²) in [7, 11) is 0. The van der Waals surface area contributed by atoms with Gasteiger partial charge in [0.2, 0.25) is 0 Å². The molecule has 1 fully saturated rings. The topological polar surface area (TPSA) is 24.4 Å². The molecule has 6 heteroatoms. The molecule has 1 saturated carbocycles. The highest BCUT2D eigenvalue weighted by atomic mass is 32.2. The van der Waals surface area contributed by atoms with Gasteiger partial charge < -0.3 is 5.32 Å². The van der Waals surface area contributed by atoms with Gasteiger partial charge in [-0.25, -0.2) is 0 Å². The van der Waals surface area contributed by atoms with Gasteiger partial charge in [0, 0.05) is 5.75 Å². The van der Waals surface area contributed by atoms with Crippen molar-refractivity contribution in [2.75, 3.05) is 5.75 Å². The molecule has 2 aliphatic rings. The Morgan fingerprint density at radius 1 is 1.25 bits per heavy atom. The highest BCUT2D eigenvalue weighted by molar-refractivity contribution is 8.14. The number of thioether (sulfide) groups is 1. The molecule has 0 aromatic heterocycles. The molecule has 1 atom stereocenters. The van der Waals surface area contributed by atoms with E-state index in [0.29, 0.717) is 5.17 Å². The fourth-order valence-electron chi connectivity index (χ4n) is 2.28. The molecule has 0 bridgehead atoms. The lowest BCUT2D eigenvalue weighted by Gasteiger charge is -2.21. The predicted molar refractivity (Wildman–Crippen MR) is 75.0 cm³/mol. The number of nitrogens with zero attached hydrogens (tertiary/aromatic N) is 1. The third-order valence-electron chi connectivity index (χ3n) is 3.67. The molecule has 1 unspecified atom stereocenters. The third-order valence-corrected chi connectivity index (χ3v) is 4.70. The molecule has 1 aliphatic heterocycles. The zero-order valence-electron chi connectivity index (χ0n) is 10.8. The summed E-state index contributed by atoms with van der Waals surface area (Å²) in [6, 6.07) is 9.97. The molecule has 0 amide bonds. The number of hydrogen-bond donors (Lipinski definition) is 1. The maximum Gasteiger partial charge on any atom is 0.411 e. The molecule has 108 valence electrons. The van der Waals surface area contributed by atoms with Crippen molar-refractivity contribution in [2.45, 2.75) is 37.0 Å². The Morgan fingerprint density at radius 2 is 1.95 bits per heavy atom. The summed E-state index contributed by atoms with van der Waals surface area (Å²) >= 11 is 1.39. The first-order valence-electron chi connectivity index (χ1n) is 6.58. The van der Waals surface area contributed by atoms with Gasteiger partial charge in [-0.3, -0.25) is 4.99 Å². The molecule has 0 spiro atoms. The Labute approximate surface area is 119 Å². The molecule has 0 radical (unpaired) electrons. The van der Waals surface area contributed by atoms with Crippen molar-refractivity contribution in [1.29, 1.82) is 0 Å². The molecular weight excluding hydrogens is 285 g/mol. The van der Waals surface area contributed by atoms with Gasteiger partial charge in [-0.15, -0.1) is 0 Å². The van der Waals surface area contributed by atoms with Crippen LogP contribution >= 0.6 is 11.8 Å². The van der Waals surface area contributed by atoms with E-state index < -0.39 is 11.7 Å². The minimum Gasteiger partial charge on any atom is -0.351 e. The number of hydrogen-bond acceptors (Lipinski definition) is 3. The Kier molecular flexibility index (Phi) is 3.44. The smallest absolute Gasteiger partial charge is 0.351 e. The Morgan fingerprint density at radius 3 is 2.55 bits per heavy atom. The second-order valence-electron chi connectivity index (χ2n) is 5.29. The summed E-state index contributed by atoms with van der Waals surface area (Å²) < 4.78 is 38.6. The first kappa shape index (κ1) is 13.8. The zero-order chi connectivity index (χ0) is 14.2. The molecule has 1 aromatic rings. The summed E-state index contributed by atoms with van der Waals surface area (Å²) in [5.41, 5.74) is -0.541. The van der Waals surface area contributed by atoms with Crippen LogP contribution in [0, 0.1) is 0 Å². The average Bonchev–Trinajstić information content (AvgIpc) is 3.06. The standard InChI is InChI=1S/C14H15F3N2S/c15-14(16,17)13(6-7-13)19-12-18-11(9-20-12)8-10-4-2-1-3-5-10/h1-5,11H,6-9H2,(H,18,19). The monoisotopic (exact) mass is 300 g/mol. The second kappa shape index (κ2) is 4.98. The third kappa shape index (κ3) is 2.80. The van der Waals surface area contributed by atoms with Crippen LogP contribution in [0.5, 0.6) is 0 Å².